The van der Waals surface area contributed by atoms with Crippen LogP contribution in [0.15, 0.2) is 53.9 Å². The quantitative estimate of drug-likeness (QED) is 0.607. The van der Waals surface area contributed by atoms with Gasteiger partial charge in [-0.2, -0.15) is 8.78 Å². The number of hydrogen-bond donors (Lipinski definition) is 2. The molecule has 1 aromatic carbocycles. The van der Waals surface area contributed by atoms with E-state index < -0.39 is 16.1 Å². The second-order valence-corrected chi connectivity index (χ2v) is 8.00. The van der Waals surface area contributed by atoms with Crippen LogP contribution in [0.5, 0.6) is 0 Å². The Labute approximate surface area is 166 Å². The lowest BCUT2D eigenvalue weighted by Gasteiger charge is -2.15. The molecule has 2 N–H and O–H groups in total. The first-order valence-corrected chi connectivity index (χ1v) is 9.87. The van der Waals surface area contributed by atoms with Gasteiger partial charge in [0, 0.05) is 37.8 Å². The van der Waals surface area contributed by atoms with Crippen molar-refractivity contribution >= 4 is 21.5 Å². The third kappa shape index (κ3) is 4.42. The molecule has 0 spiro atoms. The highest BCUT2D eigenvalue weighted by atomic mass is 32.2. The minimum atomic E-state index is -3.66. The number of halogens is 2. The van der Waals surface area contributed by atoms with E-state index in [1.54, 1.807) is 30.2 Å². The molecule has 29 heavy (non-hydrogen) atoms. The Bertz CT molecular complexity index is 1110. The first-order valence-electron chi connectivity index (χ1n) is 8.39. The molecule has 2 heterocycles. The number of methoxy groups -OCH3 is 1. The van der Waals surface area contributed by atoms with Crippen LogP contribution >= 0.6 is 0 Å². The lowest BCUT2D eigenvalue weighted by Crippen LogP contribution is -2.18. The molecule has 0 aliphatic carbocycles. The van der Waals surface area contributed by atoms with Crippen molar-refractivity contribution in [2.45, 2.75) is 11.0 Å². The molecule has 0 aliphatic rings. The van der Waals surface area contributed by atoms with Crippen molar-refractivity contribution in [1.82, 2.24) is 19.3 Å². The second kappa shape index (κ2) is 7.85. The highest BCUT2D eigenvalue weighted by molar-refractivity contribution is 7.89. The van der Waals surface area contributed by atoms with Gasteiger partial charge in [-0.15, -0.1) is 0 Å². The Kier molecular flexibility index (Phi) is 5.64. The zero-order chi connectivity index (χ0) is 21.2. The van der Waals surface area contributed by atoms with Gasteiger partial charge in [-0.05, 0) is 37.4 Å². The zero-order valence-electron chi connectivity index (χ0n) is 15.8. The van der Waals surface area contributed by atoms with E-state index >= 15 is 0 Å². The van der Waals surface area contributed by atoms with Gasteiger partial charge in [-0.1, -0.05) is 0 Å². The molecule has 11 heteroatoms. The highest BCUT2D eigenvalue weighted by Gasteiger charge is 2.31. The number of imidazole rings is 1. The molecule has 0 unspecified atom stereocenters. The largest absolute Gasteiger partial charge is 0.384 e. The number of nitrogens with one attached hydrogen (secondary N) is 2. The first kappa shape index (κ1) is 20.8. The van der Waals surface area contributed by atoms with Crippen LogP contribution in [-0.2, 0) is 27.9 Å². The molecule has 0 amide bonds. The molecular weight excluding hydrogens is 404 g/mol. The monoisotopic (exact) mass is 423 g/mol. The van der Waals surface area contributed by atoms with Gasteiger partial charge in [0.2, 0.25) is 10.0 Å². The van der Waals surface area contributed by atoms with Crippen LogP contribution in [0.3, 0.4) is 0 Å². The molecular formula is C18H19F2N5O3S. The minimum Gasteiger partial charge on any atom is -0.340 e. The lowest BCUT2D eigenvalue weighted by molar-refractivity contribution is -0.231. The summed E-state index contributed by atoms with van der Waals surface area (Å²) in [5, 5.41) is 3.01. The van der Waals surface area contributed by atoms with Gasteiger partial charge in [0.15, 0.2) is 0 Å². The van der Waals surface area contributed by atoms with Crippen LogP contribution in [0.2, 0.25) is 0 Å². The SMILES string of the molecule is CNS(=O)(=O)c1ccc(Nc2ccc(C(F)(F)OC)cn2)c(-c2cn(C)cn2)c1. The molecule has 0 aliphatic heterocycles. The van der Waals surface area contributed by atoms with E-state index in [4.69, 9.17) is 0 Å². The summed E-state index contributed by atoms with van der Waals surface area (Å²) < 4.78 is 59.6. The molecule has 0 saturated carbocycles. The molecule has 3 rings (SSSR count). The molecule has 0 bridgehead atoms. The molecule has 0 radical (unpaired) electrons. The summed E-state index contributed by atoms with van der Waals surface area (Å²) in [6.45, 7) is 0. The van der Waals surface area contributed by atoms with Crippen molar-refractivity contribution in [3.63, 3.8) is 0 Å². The molecule has 154 valence electrons. The molecule has 2 aromatic heterocycles. The number of pyridine rings is 1. The summed E-state index contributed by atoms with van der Waals surface area (Å²) >= 11 is 0. The fourth-order valence-corrected chi connectivity index (χ4v) is 3.33. The summed E-state index contributed by atoms with van der Waals surface area (Å²) in [5.41, 5.74) is 1.17. The number of anilines is 2. The van der Waals surface area contributed by atoms with Gasteiger partial charge < -0.3 is 14.6 Å². The van der Waals surface area contributed by atoms with Crippen molar-refractivity contribution < 1.29 is 21.9 Å². The van der Waals surface area contributed by atoms with Gasteiger partial charge in [0.25, 0.3) is 0 Å². The Morgan fingerprint density at radius 1 is 1.17 bits per heavy atom. The number of sulfonamides is 1. The first-order chi connectivity index (χ1) is 13.7. The molecule has 0 atom stereocenters. The molecule has 0 fully saturated rings. The van der Waals surface area contributed by atoms with Crippen LogP contribution in [0.4, 0.5) is 20.3 Å². The molecule has 8 nitrogen and oxygen atoms in total. The topological polar surface area (TPSA) is 98.1 Å². The highest BCUT2D eigenvalue weighted by Crippen LogP contribution is 2.32. The van der Waals surface area contributed by atoms with Crippen molar-refractivity contribution in [2.75, 3.05) is 19.5 Å². The Balaban J connectivity index is 2.00. The maximum atomic E-state index is 13.6. The summed E-state index contributed by atoms with van der Waals surface area (Å²) in [6, 6.07) is 7.04. The number of aromatic nitrogens is 3. The fourth-order valence-electron chi connectivity index (χ4n) is 2.58. The van der Waals surface area contributed by atoms with E-state index in [0.29, 0.717) is 22.8 Å². The summed E-state index contributed by atoms with van der Waals surface area (Å²) in [5.74, 6) is 0.294. The van der Waals surface area contributed by atoms with Crippen LogP contribution in [0.25, 0.3) is 11.3 Å². The summed E-state index contributed by atoms with van der Waals surface area (Å²) in [4.78, 5) is 8.32. The average Bonchev–Trinajstić information content (AvgIpc) is 3.14. The van der Waals surface area contributed by atoms with Crippen molar-refractivity contribution in [3.8, 4) is 11.3 Å². The van der Waals surface area contributed by atoms with E-state index in [1.807, 2.05) is 0 Å². The van der Waals surface area contributed by atoms with Crippen molar-refractivity contribution in [2.24, 2.45) is 7.05 Å². The zero-order valence-corrected chi connectivity index (χ0v) is 16.7. The van der Waals surface area contributed by atoms with E-state index in [0.717, 1.165) is 13.3 Å². The van der Waals surface area contributed by atoms with Crippen LogP contribution in [0, 0.1) is 0 Å². The van der Waals surface area contributed by atoms with Gasteiger partial charge in [0.05, 0.1) is 22.5 Å². The second-order valence-electron chi connectivity index (χ2n) is 6.12. The Hall–Kier alpha value is -2.89. The van der Waals surface area contributed by atoms with E-state index in [9.17, 15) is 17.2 Å². The van der Waals surface area contributed by atoms with E-state index in [2.05, 4.69) is 24.7 Å². The van der Waals surface area contributed by atoms with Crippen molar-refractivity contribution in [1.29, 1.82) is 0 Å². The number of alkyl halides is 2. The maximum Gasteiger partial charge on any atom is 0.384 e. The summed E-state index contributed by atoms with van der Waals surface area (Å²) in [7, 11) is 0.356. The average molecular weight is 423 g/mol. The van der Waals surface area contributed by atoms with Crippen molar-refractivity contribution in [3.05, 3.63) is 54.6 Å². The van der Waals surface area contributed by atoms with Crippen LogP contribution in [0.1, 0.15) is 5.56 Å². The smallest absolute Gasteiger partial charge is 0.340 e. The summed E-state index contributed by atoms with van der Waals surface area (Å²) in [6.07, 6.45) is 0.879. The Morgan fingerprint density at radius 2 is 1.93 bits per heavy atom. The molecule has 0 saturated heterocycles. The number of aryl methyl sites for hydroxylation is 1. The number of benzene rings is 1. The lowest BCUT2D eigenvalue weighted by atomic mass is 10.1. The van der Waals surface area contributed by atoms with Gasteiger partial charge in [0.1, 0.15) is 5.82 Å². The number of rotatable bonds is 7. The van der Waals surface area contributed by atoms with E-state index in [-0.39, 0.29) is 10.5 Å². The standard InChI is InChI=1S/C18H19F2N5O3S/c1-21-29(26,27)13-5-6-15(14(8-13)16-10-25(2)11-23-16)24-17-7-4-12(9-22-17)18(19,20)28-3/h4-11,21H,1-3H3,(H,22,24). The van der Waals surface area contributed by atoms with Crippen LogP contribution in [-0.4, -0.2) is 37.1 Å². The number of hydrogen-bond acceptors (Lipinski definition) is 6. The maximum absolute atomic E-state index is 13.6. The van der Waals surface area contributed by atoms with Gasteiger partial charge in [-0.3, -0.25) is 0 Å². The Morgan fingerprint density at radius 3 is 2.48 bits per heavy atom. The number of nitrogens with zero attached hydrogens (tertiary/aromatic N) is 3. The normalized spacial score (nSPS) is 12.2. The minimum absolute atomic E-state index is 0.0641. The van der Waals surface area contributed by atoms with Gasteiger partial charge in [-0.25, -0.2) is 23.1 Å². The predicted octanol–water partition coefficient (Wildman–Crippen LogP) is 2.83. The third-order valence-electron chi connectivity index (χ3n) is 4.17. The third-order valence-corrected chi connectivity index (χ3v) is 5.58. The van der Waals surface area contributed by atoms with Gasteiger partial charge >= 0.3 is 6.11 Å². The fraction of sp³-hybridized carbons (Fsp3) is 0.222. The number of ether oxygens (including phenoxy) is 1. The predicted molar refractivity (Wildman–Crippen MR) is 103 cm³/mol. The van der Waals surface area contributed by atoms with Crippen LogP contribution < -0.4 is 10.0 Å². The van der Waals surface area contributed by atoms with E-state index in [1.165, 1.54) is 31.3 Å². The molecule has 3 aromatic rings.